The number of rotatable bonds is 3. The largest absolute Gasteiger partial charge is 0.439 e. The van der Waals surface area contributed by atoms with Gasteiger partial charge in [0.1, 0.15) is 5.75 Å². The van der Waals surface area contributed by atoms with Gasteiger partial charge in [-0.3, -0.25) is 0 Å². The lowest BCUT2D eigenvalue weighted by molar-refractivity contribution is 0.198. The van der Waals surface area contributed by atoms with Crippen LogP contribution in [0.5, 0.6) is 11.6 Å². The number of aromatic nitrogens is 1. The normalized spacial score (nSPS) is 12.3. The lowest BCUT2D eigenvalue weighted by Gasteiger charge is -2.12. The summed E-state index contributed by atoms with van der Waals surface area (Å²) >= 11 is 0. The van der Waals surface area contributed by atoms with E-state index in [1.807, 2.05) is 26.0 Å². The first-order valence-corrected chi connectivity index (χ1v) is 6.37. The minimum atomic E-state index is -0.510. The first-order chi connectivity index (χ1) is 8.97. The summed E-state index contributed by atoms with van der Waals surface area (Å²) < 4.78 is 5.81. The summed E-state index contributed by atoms with van der Waals surface area (Å²) in [7, 11) is 0. The van der Waals surface area contributed by atoms with Gasteiger partial charge in [0.05, 0.1) is 6.10 Å². The molecule has 1 aromatic heterocycles. The van der Waals surface area contributed by atoms with E-state index in [4.69, 9.17) is 4.74 Å². The number of aliphatic hydroxyl groups excluding tert-OH is 1. The van der Waals surface area contributed by atoms with Crippen LogP contribution in [-0.4, -0.2) is 10.1 Å². The van der Waals surface area contributed by atoms with E-state index in [1.54, 1.807) is 19.2 Å². The Morgan fingerprint density at radius 2 is 1.89 bits per heavy atom. The van der Waals surface area contributed by atoms with Crippen molar-refractivity contribution in [2.45, 2.75) is 33.8 Å². The van der Waals surface area contributed by atoms with Gasteiger partial charge in [0, 0.05) is 12.3 Å². The maximum Gasteiger partial charge on any atom is 0.219 e. The van der Waals surface area contributed by atoms with Gasteiger partial charge in [-0.1, -0.05) is 6.07 Å². The third kappa shape index (κ3) is 3.12. The third-order valence-corrected chi connectivity index (χ3v) is 3.22. The van der Waals surface area contributed by atoms with Crippen LogP contribution < -0.4 is 4.74 Å². The second-order valence-electron chi connectivity index (χ2n) is 4.91. The molecule has 0 amide bonds. The van der Waals surface area contributed by atoms with Gasteiger partial charge in [0.15, 0.2) is 0 Å². The molecule has 0 spiro atoms. The van der Waals surface area contributed by atoms with E-state index in [0.29, 0.717) is 5.88 Å². The van der Waals surface area contributed by atoms with Crippen molar-refractivity contribution in [3.8, 4) is 11.6 Å². The van der Waals surface area contributed by atoms with E-state index in [2.05, 4.69) is 18.0 Å². The zero-order valence-electron chi connectivity index (χ0n) is 11.8. The van der Waals surface area contributed by atoms with E-state index < -0.39 is 6.10 Å². The first kappa shape index (κ1) is 13.6. The van der Waals surface area contributed by atoms with E-state index in [-0.39, 0.29) is 0 Å². The monoisotopic (exact) mass is 257 g/mol. The smallest absolute Gasteiger partial charge is 0.219 e. The fraction of sp³-hybridized carbons (Fsp3) is 0.312. The van der Waals surface area contributed by atoms with Crippen molar-refractivity contribution in [1.29, 1.82) is 0 Å². The highest BCUT2D eigenvalue weighted by Crippen LogP contribution is 2.27. The lowest BCUT2D eigenvalue weighted by Crippen LogP contribution is -1.96. The van der Waals surface area contributed by atoms with Crippen LogP contribution in [0.25, 0.3) is 0 Å². The van der Waals surface area contributed by atoms with Crippen molar-refractivity contribution in [1.82, 2.24) is 4.98 Å². The molecule has 0 aliphatic rings. The van der Waals surface area contributed by atoms with Crippen molar-refractivity contribution in [2.75, 3.05) is 0 Å². The molecule has 2 rings (SSSR count). The van der Waals surface area contributed by atoms with Crippen LogP contribution in [0.1, 0.15) is 35.3 Å². The highest BCUT2D eigenvalue weighted by Gasteiger charge is 2.07. The molecule has 100 valence electrons. The fourth-order valence-electron chi connectivity index (χ4n) is 1.92. The Kier molecular flexibility index (Phi) is 3.86. The molecule has 0 bridgehead atoms. The fourth-order valence-corrected chi connectivity index (χ4v) is 1.92. The number of ether oxygens (including phenoxy) is 1. The summed E-state index contributed by atoms with van der Waals surface area (Å²) in [5.41, 5.74) is 4.27. The lowest BCUT2D eigenvalue weighted by atomic mass is 10.1. The molecular formula is C16H19NO2. The molecule has 0 saturated heterocycles. The summed E-state index contributed by atoms with van der Waals surface area (Å²) in [5.74, 6) is 1.37. The average molecular weight is 257 g/mol. The summed E-state index contributed by atoms with van der Waals surface area (Å²) in [6, 6.07) is 7.74. The number of hydrogen-bond acceptors (Lipinski definition) is 3. The van der Waals surface area contributed by atoms with Gasteiger partial charge < -0.3 is 9.84 Å². The maximum absolute atomic E-state index is 9.44. The number of aryl methyl sites for hydroxylation is 2. The van der Waals surface area contributed by atoms with Gasteiger partial charge in [0.25, 0.3) is 0 Å². The summed E-state index contributed by atoms with van der Waals surface area (Å²) in [5, 5.41) is 9.44. The highest BCUT2D eigenvalue weighted by molar-refractivity contribution is 5.43. The van der Waals surface area contributed by atoms with Gasteiger partial charge in [-0.15, -0.1) is 0 Å². The molecule has 0 saturated carbocycles. The Balaban J connectivity index is 2.26. The molecule has 1 N–H and O–H groups in total. The van der Waals surface area contributed by atoms with Crippen molar-refractivity contribution in [3.05, 3.63) is 52.7 Å². The van der Waals surface area contributed by atoms with Gasteiger partial charge in [0.2, 0.25) is 5.88 Å². The number of nitrogens with zero attached hydrogens (tertiary/aromatic N) is 1. The molecule has 0 fully saturated rings. The molecule has 19 heavy (non-hydrogen) atoms. The van der Waals surface area contributed by atoms with Crippen LogP contribution in [0.3, 0.4) is 0 Å². The number of aliphatic hydroxyl groups is 1. The summed E-state index contributed by atoms with van der Waals surface area (Å²) in [4.78, 5) is 4.21. The number of pyridine rings is 1. The minimum Gasteiger partial charge on any atom is -0.439 e. The Hall–Kier alpha value is -1.87. The van der Waals surface area contributed by atoms with Crippen molar-refractivity contribution >= 4 is 0 Å². The Morgan fingerprint density at radius 3 is 2.47 bits per heavy atom. The molecule has 3 nitrogen and oxygen atoms in total. The quantitative estimate of drug-likeness (QED) is 0.908. The molecule has 2 aromatic rings. The van der Waals surface area contributed by atoms with Crippen molar-refractivity contribution in [3.63, 3.8) is 0 Å². The molecule has 0 aliphatic heterocycles. The van der Waals surface area contributed by atoms with Crippen LogP contribution in [0.4, 0.5) is 0 Å². The minimum absolute atomic E-state index is 0.510. The van der Waals surface area contributed by atoms with Crippen molar-refractivity contribution < 1.29 is 9.84 Å². The summed E-state index contributed by atoms with van der Waals surface area (Å²) in [6.45, 7) is 7.86. The zero-order chi connectivity index (χ0) is 14.0. The van der Waals surface area contributed by atoms with Gasteiger partial charge in [-0.05, 0) is 62.1 Å². The molecule has 1 heterocycles. The molecule has 1 aromatic carbocycles. The maximum atomic E-state index is 9.44. The Bertz CT molecular complexity index is 574. The van der Waals surface area contributed by atoms with Crippen LogP contribution in [0.2, 0.25) is 0 Å². The van der Waals surface area contributed by atoms with Crippen LogP contribution in [-0.2, 0) is 0 Å². The Morgan fingerprint density at radius 1 is 1.16 bits per heavy atom. The number of hydrogen-bond donors (Lipinski definition) is 1. The zero-order valence-corrected chi connectivity index (χ0v) is 11.8. The number of benzene rings is 1. The van der Waals surface area contributed by atoms with Gasteiger partial charge >= 0.3 is 0 Å². The Labute approximate surface area is 113 Å². The molecule has 0 aliphatic carbocycles. The second kappa shape index (κ2) is 5.41. The van der Waals surface area contributed by atoms with E-state index >= 15 is 0 Å². The van der Waals surface area contributed by atoms with Crippen LogP contribution >= 0.6 is 0 Å². The molecule has 0 radical (unpaired) electrons. The first-order valence-electron chi connectivity index (χ1n) is 6.37. The molecule has 1 atom stereocenters. The van der Waals surface area contributed by atoms with Crippen molar-refractivity contribution in [2.24, 2.45) is 0 Å². The topological polar surface area (TPSA) is 42.4 Å². The van der Waals surface area contributed by atoms with E-state index in [0.717, 1.165) is 16.9 Å². The second-order valence-corrected chi connectivity index (χ2v) is 4.91. The predicted molar refractivity (Wildman–Crippen MR) is 75.6 cm³/mol. The third-order valence-electron chi connectivity index (χ3n) is 3.22. The molecular weight excluding hydrogens is 238 g/mol. The highest BCUT2D eigenvalue weighted by atomic mass is 16.5. The predicted octanol–water partition coefficient (Wildman–Crippen LogP) is 3.85. The van der Waals surface area contributed by atoms with E-state index in [9.17, 15) is 5.11 Å². The van der Waals surface area contributed by atoms with Crippen LogP contribution in [0, 0.1) is 20.8 Å². The van der Waals surface area contributed by atoms with E-state index in [1.165, 1.54) is 11.1 Å². The SMILES string of the molecule is Cc1cc(C)c(C)c(Oc2ccc([C@H](C)O)cn2)c1. The average Bonchev–Trinajstić information content (AvgIpc) is 2.36. The molecule has 0 unspecified atom stereocenters. The van der Waals surface area contributed by atoms with Gasteiger partial charge in [-0.2, -0.15) is 0 Å². The summed E-state index contributed by atoms with van der Waals surface area (Å²) in [6.07, 6.45) is 1.13. The van der Waals surface area contributed by atoms with Crippen LogP contribution in [0.15, 0.2) is 30.5 Å². The standard InChI is InChI=1S/C16H19NO2/c1-10-7-11(2)12(3)15(8-10)19-16-6-5-14(9-17-16)13(4)18/h5-9,13,18H,1-4H3/t13-/m0/s1. The molecule has 3 heteroatoms. The van der Waals surface area contributed by atoms with Gasteiger partial charge in [-0.25, -0.2) is 4.98 Å².